The van der Waals surface area contributed by atoms with Crippen LogP contribution in [0.25, 0.3) is 0 Å². The van der Waals surface area contributed by atoms with E-state index < -0.39 is 71.0 Å². The highest BCUT2D eigenvalue weighted by molar-refractivity contribution is 7.66. The van der Waals surface area contributed by atoms with Crippen molar-refractivity contribution in [1.82, 2.24) is 9.55 Å². The molecule has 1 aliphatic heterocycles. The molecule has 34 heavy (non-hydrogen) atoms. The van der Waals surface area contributed by atoms with Crippen LogP contribution in [0.1, 0.15) is 20.1 Å². The summed E-state index contributed by atoms with van der Waals surface area (Å²) in [6.45, 7) is 2.04. The minimum absolute atomic E-state index is 0.275. The molecule has 2 heterocycles. The van der Waals surface area contributed by atoms with Gasteiger partial charge in [-0.1, -0.05) is 5.92 Å². The zero-order valence-corrected chi connectivity index (χ0v) is 19.6. The van der Waals surface area contributed by atoms with Crippen molar-refractivity contribution < 1.29 is 65.0 Å². The Morgan fingerprint density at radius 2 is 1.85 bits per heavy atom. The summed E-state index contributed by atoms with van der Waals surface area (Å²) < 4.78 is 80.8. The molecule has 1 aromatic heterocycles. The molecule has 1 fully saturated rings. The number of aliphatic hydroxyl groups excluding tert-OH is 1. The topological polar surface area (TPSA) is 250 Å². The third kappa shape index (κ3) is 6.55. The molecule has 7 atom stereocenters. The smallest absolute Gasteiger partial charge is 0.386 e. The van der Waals surface area contributed by atoms with Crippen molar-refractivity contribution in [1.29, 1.82) is 0 Å². The molecule has 2 rings (SSSR count). The van der Waals surface area contributed by atoms with Gasteiger partial charge in [-0.25, -0.2) is 27.3 Å². The van der Waals surface area contributed by atoms with E-state index in [4.69, 9.17) is 20.3 Å². The zero-order valence-electron chi connectivity index (χ0n) is 17.0. The predicted molar refractivity (Wildman–Crippen MR) is 104 cm³/mol. The SMILES string of the molecule is CC#CC1(F)C(O)[C@@H]([C@H](C)OP(=O)(O)OP(=O)(O)OP(=O)(O)O)O[C@H]1n1cc(F)c(N)nc1=O. The fourth-order valence-electron chi connectivity index (χ4n) is 2.86. The largest absolute Gasteiger partial charge is 0.490 e. The van der Waals surface area contributed by atoms with E-state index in [9.17, 15) is 37.8 Å². The Bertz CT molecular complexity index is 1210. The maximum absolute atomic E-state index is 15.7. The van der Waals surface area contributed by atoms with Crippen LogP contribution in [0.2, 0.25) is 0 Å². The number of aliphatic hydroxyl groups is 1. The Balaban J connectivity index is 2.35. The Morgan fingerprint density at radius 3 is 2.38 bits per heavy atom. The molecule has 1 aromatic rings. The molecule has 4 unspecified atom stereocenters. The number of halogens is 2. The second-order valence-corrected chi connectivity index (χ2v) is 11.0. The molecule has 0 aromatic carbocycles. The summed E-state index contributed by atoms with van der Waals surface area (Å²) in [6, 6.07) is 0. The molecular weight excluding hydrogens is 537 g/mol. The number of phosphoric acid groups is 3. The summed E-state index contributed by atoms with van der Waals surface area (Å²) in [7, 11) is -17.2. The van der Waals surface area contributed by atoms with E-state index in [0.717, 1.165) is 13.8 Å². The number of ether oxygens (including phenoxy) is 1. The van der Waals surface area contributed by atoms with Gasteiger partial charge in [-0.15, -0.1) is 5.92 Å². The average Bonchev–Trinajstić information content (AvgIpc) is 2.86. The summed E-state index contributed by atoms with van der Waals surface area (Å²) in [4.78, 5) is 51.2. The minimum Gasteiger partial charge on any atom is -0.386 e. The van der Waals surface area contributed by atoms with Gasteiger partial charge in [-0.3, -0.25) is 9.09 Å². The van der Waals surface area contributed by atoms with Gasteiger partial charge in [-0.2, -0.15) is 13.6 Å². The number of nitrogens with two attached hydrogens (primary N) is 1. The van der Waals surface area contributed by atoms with E-state index in [1.54, 1.807) is 0 Å². The predicted octanol–water partition coefficient (Wildman–Crippen LogP) is -0.314. The lowest BCUT2D eigenvalue weighted by Gasteiger charge is -2.25. The van der Waals surface area contributed by atoms with Crippen molar-refractivity contribution in [3.63, 3.8) is 0 Å². The number of nitrogens with zero attached hydrogens (tertiary/aromatic N) is 2. The van der Waals surface area contributed by atoms with Gasteiger partial charge in [-0.05, 0) is 13.8 Å². The van der Waals surface area contributed by atoms with Crippen molar-refractivity contribution in [2.45, 2.75) is 44.1 Å². The summed E-state index contributed by atoms with van der Waals surface area (Å²) in [6.07, 6.45) is -7.93. The molecule has 0 bridgehead atoms. The van der Waals surface area contributed by atoms with Gasteiger partial charge >= 0.3 is 29.2 Å². The molecular formula is C13H18F2N3O13P3. The molecule has 0 amide bonds. The maximum atomic E-state index is 15.7. The average molecular weight is 555 g/mol. The standard InChI is InChI=1S/C13H18F2N3O13P3/c1-3-4-13(15)9(19)8(28-11(13)18-5-7(14)10(16)17-12(18)20)6(2)29-33(24,25)31-34(26,27)30-32(21,22)23/h5-6,8-9,11,19H,1-2H3,(H,24,25)(H,26,27)(H2,16,17,20)(H2,21,22,23)/t6-,8+,9?,11+,13?/m0/s1. The maximum Gasteiger partial charge on any atom is 0.490 e. The lowest BCUT2D eigenvalue weighted by molar-refractivity contribution is -0.0783. The van der Waals surface area contributed by atoms with Crippen molar-refractivity contribution in [2.75, 3.05) is 5.73 Å². The highest BCUT2D eigenvalue weighted by Gasteiger charge is 2.60. The summed E-state index contributed by atoms with van der Waals surface area (Å²) in [5, 5.41) is 10.5. The van der Waals surface area contributed by atoms with Gasteiger partial charge in [0.1, 0.15) is 12.2 Å². The Hall–Kier alpha value is -1.57. The van der Waals surface area contributed by atoms with Gasteiger partial charge in [0, 0.05) is 0 Å². The molecule has 7 N–H and O–H groups in total. The molecule has 1 aliphatic rings. The minimum atomic E-state index is -5.86. The third-order valence-electron chi connectivity index (χ3n) is 4.07. The van der Waals surface area contributed by atoms with Crippen molar-refractivity contribution in [3.8, 4) is 11.8 Å². The number of rotatable bonds is 8. The number of nitrogen functional groups attached to an aromatic ring is 1. The molecule has 0 saturated carbocycles. The van der Waals surface area contributed by atoms with E-state index in [1.807, 2.05) is 5.92 Å². The molecule has 16 nitrogen and oxygen atoms in total. The quantitative estimate of drug-likeness (QED) is 0.178. The second kappa shape index (κ2) is 9.82. The van der Waals surface area contributed by atoms with Gasteiger partial charge < -0.3 is 35.2 Å². The highest BCUT2D eigenvalue weighted by atomic mass is 31.3. The third-order valence-corrected chi connectivity index (χ3v) is 7.99. The highest BCUT2D eigenvalue weighted by Crippen LogP contribution is 2.66. The van der Waals surface area contributed by atoms with E-state index >= 15 is 4.39 Å². The van der Waals surface area contributed by atoms with Crippen molar-refractivity contribution in [2.24, 2.45) is 0 Å². The number of aromatic nitrogens is 2. The summed E-state index contributed by atoms with van der Waals surface area (Å²) in [5.41, 5.74) is 0.723. The first-order valence-corrected chi connectivity index (χ1v) is 13.2. The van der Waals surface area contributed by atoms with Gasteiger partial charge in [0.15, 0.2) is 17.9 Å². The normalized spacial score (nSPS) is 29.5. The number of anilines is 1. The van der Waals surface area contributed by atoms with E-state index in [-0.39, 0.29) is 4.57 Å². The monoisotopic (exact) mass is 555 g/mol. The van der Waals surface area contributed by atoms with Crippen LogP contribution in [-0.2, 0) is 31.6 Å². The van der Waals surface area contributed by atoms with Crippen molar-refractivity contribution in [3.05, 3.63) is 22.5 Å². The van der Waals surface area contributed by atoms with Crippen LogP contribution in [0.4, 0.5) is 14.6 Å². The summed E-state index contributed by atoms with van der Waals surface area (Å²) >= 11 is 0. The van der Waals surface area contributed by atoms with E-state index in [2.05, 4.69) is 24.0 Å². The molecule has 1 saturated heterocycles. The lowest BCUT2D eigenvalue weighted by atomic mass is 9.94. The first-order valence-electron chi connectivity index (χ1n) is 8.64. The zero-order chi connectivity index (χ0) is 26.3. The van der Waals surface area contributed by atoms with Crippen LogP contribution in [0.15, 0.2) is 11.0 Å². The van der Waals surface area contributed by atoms with Crippen LogP contribution < -0.4 is 11.4 Å². The lowest BCUT2D eigenvalue weighted by Crippen LogP contribution is -2.45. The second-order valence-electron chi connectivity index (χ2n) is 6.61. The van der Waals surface area contributed by atoms with E-state index in [1.165, 1.54) is 0 Å². The Labute approximate surface area is 188 Å². The number of phosphoric ester groups is 1. The number of hydrogen-bond acceptors (Lipinski definition) is 11. The van der Waals surface area contributed by atoms with Crippen LogP contribution >= 0.6 is 23.5 Å². The molecule has 0 radical (unpaired) electrons. The van der Waals surface area contributed by atoms with E-state index in [0.29, 0.717) is 6.20 Å². The fourth-order valence-corrected chi connectivity index (χ4v) is 6.06. The van der Waals surface area contributed by atoms with Crippen LogP contribution in [0.3, 0.4) is 0 Å². The van der Waals surface area contributed by atoms with Gasteiger partial charge in [0.2, 0.25) is 5.67 Å². The molecule has 192 valence electrons. The first-order chi connectivity index (χ1) is 15.3. The van der Waals surface area contributed by atoms with Gasteiger partial charge in [0.05, 0.1) is 12.3 Å². The Morgan fingerprint density at radius 1 is 1.26 bits per heavy atom. The van der Waals surface area contributed by atoms with Crippen molar-refractivity contribution >= 4 is 29.3 Å². The van der Waals surface area contributed by atoms with Crippen LogP contribution in [-0.4, -0.2) is 58.2 Å². The molecule has 0 spiro atoms. The number of hydrogen-bond donors (Lipinski definition) is 6. The van der Waals surface area contributed by atoms with Crippen LogP contribution in [0.5, 0.6) is 0 Å². The molecule has 21 heteroatoms. The first kappa shape index (κ1) is 28.7. The van der Waals surface area contributed by atoms with Crippen LogP contribution in [0, 0.1) is 17.7 Å². The number of alkyl halides is 1. The summed E-state index contributed by atoms with van der Waals surface area (Å²) in [5.74, 6) is 2.02. The fraction of sp³-hybridized carbons (Fsp3) is 0.538. The van der Waals surface area contributed by atoms with Gasteiger partial charge in [0.25, 0.3) is 0 Å². The molecule has 0 aliphatic carbocycles. The Kier molecular flexibility index (Phi) is 8.28.